The summed E-state index contributed by atoms with van der Waals surface area (Å²) < 4.78 is 18.9. The van der Waals surface area contributed by atoms with Crippen LogP contribution in [0.25, 0.3) is 0 Å². The number of carbonyl (C=O) groups is 1. The van der Waals surface area contributed by atoms with Crippen molar-refractivity contribution >= 4 is 28.6 Å². The first-order valence-corrected chi connectivity index (χ1v) is 2.32. The second-order valence-corrected chi connectivity index (χ2v) is 2.16. The maximum absolute atomic E-state index is 11.2. The number of rotatable bonds is 1. The van der Waals surface area contributed by atoms with Crippen molar-refractivity contribution in [3.63, 3.8) is 0 Å². The zero-order valence-corrected chi connectivity index (χ0v) is 5.15. The number of alkyl halides is 3. The van der Waals surface area contributed by atoms with Crippen LogP contribution in [-0.4, -0.2) is 15.0 Å². The van der Waals surface area contributed by atoms with Crippen LogP contribution in [0.5, 0.6) is 0 Å². The Hall–Kier alpha value is 0.0600. The number of hydrogen-bond acceptors (Lipinski definition) is 1. The summed E-state index contributed by atoms with van der Waals surface area (Å²) in [7, 11) is 0. The monoisotopic (exact) mass is 222 g/mol. The first-order valence-electron chi connectivity index (χ1n) is 1.24. The molecule has 0 saturated carbocycles. The van der Waals surface area contributed by atoms with Crippen molar-refractivity contribution < 1.29 is 18.7 Å². The molecule has 0 aromatic heterocycles. The summed E-state index contributed by atoms with van der Waals surface area (Å²) >= 11 is 0.534. The summed E-state index contributed by atoms with van der Waals surface area (Å²) in [5.74, 6) is -2.10. The van der Waals surface area contributed by atoms with Crippen molar-refractivity contribution in [2.45, 2.75) is 3.93 Å². The van der Waals surface area contributed by atoms with Gasteiger partial charge in [0.1, 0.15) is 0 Å². The highest BCUT2D eigenvalue weighted by atomic mass is 127. The van der Waals surface area contributed by atoms with Gasteiger partial charge in [-0.1, -0.05) is 0 Å². The third kappa shape index (κ3) is 2.72. The first-order chi connectivity index (χ1) is 2.94. The summed E-state index contributed by atoms with van der Waals surface area (Å²) in [6.07, 6.45) is 0. The van der Waals surface area contributed by atoms with Gasteiger partial charge in [-0.3, -0.25) is 0 Å². The Labute approximate surface area is 51.7 Å². The Morgan fingerprint density at radius 3 is 1.86 bits per heavy atom. The lowest BCUT2D eigenvalue weighted by Crippen LogP contribution is -2.18. The maximum Gasteiger partial charge on any atom is 0.390 e. The molecule has 0 aromatic rings. The minimum absolute atomic E-state index is 0.534. The zero-order valence-electron chi connectivity index (χ0n) is 2.99. The van der Waals surface area contributed by atoms with E-state index in [9.17, 15) is 13.6 Å². The van der Waals surface area contributed by atoms with E-state index in [1.165, 1.54) is 0 Å². The van der Waals surface area contributed by atoms with E-state index in [0.717, 1.165) is 0 Å². The average Bonchev–Trinajstić information content (AvgIpc) is 1.31. The number of carboxylic acid groups (broad SMARTS) is 1. The minimum Gasteiger partial charge on any atom is -0.476 e. The Morgan fingerprint density at radius 2 is 1.86 bits per heavy atom. The standard InChI is InChI=1S/C2HF2IO2/c3-2(4,5)1(6)7/h(H,6,7). The van der Waals surface area contributed by atoms with Gasteiger partial charge in [0.05, 0.1) is 0 Å². The lowest BCUT2D eigenvalue weighted by Gasteiger charge is -1.96. The molecule has 0 aromatic carbocycles. The molecule has 0 bridgehead atoms. The van der Waals surface area contributed by atoms with Crippen molar-refractivity contribution in [1.82, 2.24) is 0 Å². The van der Waals surface area contributed by atoms with Gasteiger partial charge in [0.25, 0.3) is 0 Å². The molecule has 7 heavy (non-hydrogen) atoms. The molecule has 0 spiro atoms. The van der Waals surface area contributed by atoms with Crippen LogP contribution in [0, 0.1) is 0 Å². The Bertz CT molecular complexity index is 86.2. The predicted octanol–water partition coefficient (Wildman–Crippen LogP) is 1.10. The normalized spacial score (nSPS) is 11.3. The zero-order chi connectivity index (χ0) is 6.08. The lowest BCUT2D eigenvalue weighted by atomic mass is 10.7. The van der Waals surface area contributed by atoms with Crippen molar-refractivity contribution in [1.29, 1.82) is 0 Å². The highest BCUT2D eigenvalue weighted by Crippen LogP contribution is 2.21. The van der Waals surface area contributed by atoms with E-state index >= 15 is 0 Å². The third-order valence-electron chi connectivity index (χ3n) is 0.243. The van der Waals surface area contributed by atoms with Gasteiger partial charge >= 0.3 is 9.90 Å². The maximum atomic E-state index is 11.2. The number of halogens is 3. The van der Waals surface area contributed by atoms with Crippen LogP contribution in [0.1, 0.15) is 0 Å². The van der Waals surface area contributed by atoms with Gasteiger partial charge < -0.3 is 5.11 Å². The first kappa shape index (κ1) is 7.06. The number of hydrogen-bond donors (Lipinski definition) is 1. The summed E-state index contributed by atoms with van der Waals surface area (Å²) in [5, 5.41) is 7.49. The summed E-state index contributed by atoms with van der Waals surface area (Å²) in [4.78, 5) is 9.26. The van der Waals surface area contributed by atoms with Crippen LogP contribution in [0.2, 0.25) is 0 Å². The number of aliphatic carboxylic acids is 1. The van der Waals surface area contributed by atoms with Crippen molar-refractivity contribution in [3.8, 4) is 0 Å². The fraction of sp³-hybridized carbons (Fsp3) is 0.500. The Morgan fingerprint density at radius 1 is 1.71 bits per heavy atom. The molecule has 1 N–H and O–H groups in total. The summed E-state index contributed by atoms with van der Waals surface area (Å²) in [6.45, 7) is 0. The molecule has 42 valence electrons. The SMILES string of the molecule is O=C(O)C(F)(F)I. The molecule has 0 aliphatic heterocycles. The molecular formula is C2HF2IO2. The largest absolute Gasteiger partial charge is 0.476 e. The smallest absolute Gasteiger partial charge is 0.390 e. The molecule has 0 atom stereocenters. The highest BCUT2D eigenvalue weighted by Gasteiger charge is 2.33. The van der Waals surface area contributed by atoms with Gasteiger partial charge in [0.2, 0.25) is 0 Å². The van der Waals surface area contributed by atoms with Gasteiger partial charge in [0.15, 0.2) is 0 Å². The molecule has 2 nitrogen and oxygen atoms in total. The minimum atomic E-state index is -3.61. The van der Waals surface area contributed by atoms with Crippen LogP contribution < -0.4 is 0 Å². The molecule has 0 fully saturated rings. The second-order valence-electron chi connectivity index (χ2n) is 0.803. The molecule has 0 saturated heterocycles. The predicted molar refractivity (Wildman–Crippen MR) is 26.6 cm³/mol. The topological polar surface area (TPSA) is 37.3 Å². The van der Waals surface area contributed by atoms with E-state index < -0.39 is 9.90 Å². The van der Waals surface area contributed by atoms with Crippen molar-refractivity contribution in [2.24, 2.45) is 0 Å². The van der Waals surface area contributed by atoms with Gasteiger partial charge in [-0.15, -0.1) is 0 Å². The van der Waals surface area contributed by atoms with E-state index in [4.69, 9.17) is 5.11 Å². The van der Waals surface area contributed by atoms with E-state index in [1.54, 1.807) is 0 Å². The van der Waals surface area contributed by atoms with Crippen LogP contribution in [0.15, 0.2) is 0 Å². The van der Waals surface area contributed by atoms with Gasteiger partial charge in [-0.05, 0) is 0 Å². The number of carboxylic acids is 1. The summed E-state index contributed by atoms with van der Waals surface area (Å²) in [6, 6.07) is 0. The van der Waals surface area contributed by atoms with Crippen molar-refractivity contribution in [3.05, 3.63) is 0 Å². The molecule has 0 unspecified atom stereocenters. The molecule has 0 aliphatic rings. The fourth-order valence-corrected chi connectivity index (χ4v) is 0. The quantitative estimate of drug-likeness (QED) is 0.532. The lowest BCUT2D eigenvalue weighted by molar-refractivity contribution is -0.151. The van der Waals surface area contributed by atoms with Crippen molar-refractivity contribution in [2.75, 3.05) is 0 Å². The van der Waals surface area contributed by atoms with Crippen LogP contribution in [-0.2, 0) is 4.79 Å². The molecule has 0 radical (unpaired) electrons. The highest BCUT2D eigenvalue weighted by molar-refractivity contribution is 14.1. The van der Waals surface area contributed by atoms with Gasteiger partial charge in [-0.25, -0.2) is 4.79 Å². The Balaban J connectivity index is 3.79. The molecule has 0 rings (SSSR count). The second kappa shape index (κ2) is 1.89. The molecule has 0 amide bonds. The van der Waals surface area contributed by atoms with Gasteiger partial charge in [-0.2, -0.15) is 8.78 Å². The molecule has 0 heterocycles. The Kier molecular flexibility index (Phi) is 1.91. The summed E-state index contributed by atoms with van der Waals surface area (Å²) in [5.41, 5.74) is 0. The van der Waals surface area contributed by atoms with Gasteiger partial charge in [0, 0.05) is 22.6 Å². The van der Waals surface area contributed by atoms with Crippen LogP contribution >= 0.6 is 22.6 Å². The molecule has 5 heteroatoms. The van der Waals surface area contributed by atoms with E-state index in [0.29, 0.717) is 22.6 Å². The third-order valence-corrected chi connectivity index (χ3v) is 0.704. The fourth-order valence-electron chi connectivity index (χ4n) is 0. The van der Waals surface area contributed by atoms with E-state index in [1.807, 2.05) is 0 Å². The van der Waals surface area contributed by atoms with E-state index in [-0.39, 0.29) is 0 Å². The van der Waals surface area contributed by atoms with Crippen LogP contribution in [0.3, 0.4) is 0 Å². The van der Waals surface area contributed by atoms with E-state index in [2.05, 4.69) is 0 Å². The molecular weight excluding hydrogens is 221 g/mol. The average molecular weight is 222 g/mol. The van der Waals surface area contributed by atoms with Crippen LogP contribution in [0.4, 0.5) is 8.78 Å². The molecule has 0 aliphatic carbocycles.